The van der Waals surface area contributed by atoms with Crippen molar-refractivity contribution >= 4 is 28.6 Å². The van der Waals surface area contributed by atoms with Gasteiger partial charge in [0.1, 0.15) is 0 Å². The van der Waals surface area contributed by atoms with Gasteiger partial charge in [-0.05, 0) is 24.3 Å². The van der Waals surface area contributed by atoms with E-state index in [0.717, 1.165) is 11.6 Å². The topological polar surface area (TPSA) is 78.0 Å². The minimum absolute atomic E-state index is 0.0287. The maximum absolute atomic E-state index is 12.9. The van der Waals surface area contributed by atoms with Crippen molar-refractivity contribution in [3.63, 3.8) is 0 Å². The molecular weight excluding hydrogens is 380 g/mol. The SMILES string of the molecule is FC(F)(F)c1ccccc1Nc1nc2ccccc2[nH]1.O=C(O)C(F)(F)F. The highest BCUT2D eigenvalue weighted by Crippen LogP contribution is 2.35. The molecule has 0 saturated heterocycles. The Morgan fingerprint density at radius 3 is 2.07 bits per heavy atom. The first-order chi connectivity index (χ1) is 12.5. The van der Waals surface area contributed by atoms with E-state index in [1.807, 2.05) is 18.2 Å². The summed E-state index contributed by atoms with van der Waals surface area (Å²) in [6.07, 6.45) is -9.49. The number of aromatic amines is 1. The van der Waals surface area contributed by atoms with Gasteiger partial charge in [-0.3, -0.25) is 0 Å². The summed E-state index contributed by atoms with van der Waals surface area (Å²) in [5.41, 5.74) is 0.707. The van der Waals surface area contributed by atoms with Crippen LogP contribution in [0, 0.1) is 0 Å². The molecule has 0 atom stereocenters. The minimum Gasteiger partial charge on any atom is -0.475 e. The van der Waals surface area contributed by atoms with Crippen molar-refractivity contribution in [2.24, 2.45) is 0 Å². The average molecular weight is 391 g/mol. The molecule has 0 aliphatic carbocycles. The highest BCUT2D eigenvalue weighted by atomic mass is 19.4. The molecule has 0 aliphatic heterocycles. The zero-order valence-corrected chi connectivity index (χ0v) is 13.2. The highest BCUT2D eigenvalue weighted by molar-refractivity contribution is 5.78. The van der Waals surface area contributed by atoms with Gasteiger partial charge in [-0.15, -0.1) is 0 Å². The fraction of sp³-hybridized carbons (Fsp3) is 0.125. The number of nitrogens with zero attached hydrogens (tertiary/aromatic N) is 1. The van der Waals surface area contributed by atoms with Gasteiger partial charge in [0.25, 0.3) is 0 Å². The predicted octanol–water partition coefficient (Wildman–Crippen LogP) is 4.96. The lowest BCUT2D eigenvalue weighted by molar-refractivity contribution is -0.192. The molecule has 0 radical (unpaired) electrons. The number of para-hydroxylation sites is 3. The van der Waals surface area contributed by atoms with Crippen LogP contribution in [0.3, 0.4) is 0 Å². The first-order valence-corrected chi connectivity index (χ1v) is 7.16. The molecule has 144 valence electrons. The van der Waals surface area contributed by atoms with E-state index in [1.54, 1.807) is 12.1 Å². The number of anilines is 2. The van der Waals surface area contributed by atoms with E-state index in [9.17, 15) is 26.3 Å². The number of aromatic nitrogens is 2. The third-order valence-corrected chi connectivity index (χ3v) is 3.12. The molecule has 0 aliphatic rings. The fourth-order valence-electron chi connectivity index (χ4n) is 1.98. The standard InChI is InChI=1S/C14H10F3N3.C2HF3O2/c15-14(16,17)9-5-1-2-6-10(9)18-13-19-11-7-3-4-8-12(11)20-13;3-2(4,5)1(6)7/h1-8H,(H2,18,19,20);(H,6,7). The Kier molecular flexibility index (Phi) is 5.62. The Balaban J connectivity index is 0.000000321. The lowest BCUT2D eigenvalue weighted by Gasteiger charge is -2.12. The summed E-state index contributed by atoms with van der Waals surface area (Å²) in [5.74, 6) is -2.48. The van der Waals surface area contributed by atoms with Gasteiger partial charge < -0.3 is 15.4 Å². The van der Waals surface area contributed by atoms with Crippen LogP contribution in [0.4, 0.5) is 38.0 Å². The summed E-state index contributed by atoms with van der Waals surface area (Å²) < 4.78 is 70.4. The molecular formula is C16H11F6N3O2. The number of aliphatic carboxylic acids is 1. The minimum atomic E-state index is -5.08. The molecule has 5 nitrogen and oxygen atoms in total. The van der Waals surface area contributed by atoms with Crippen molar-refractivity contribution in [2.75, 3.05) is 5.32 Å². The number of fused-ring (bicyclic) bond motifs is 1. The molecule has 1 heterocycles. The molecule has 0 bridgehead atoms. The van der Waals surface area contributed by atoms with Gasteiger partial charge in [0.05, 0.1) is 22.3 Å². The van der Waals surface area contributed by atoms with E-state index >= 15 is 0 Å². The molecule has 0 saturated carbocycles. The number of imidazole rings is 1. The Bertz CT molecular complexity index is 901. The van der Waals surface area contributed by atoms with Gasteiger partial charge >= 0.3 is 18.3 Å². The third-order valence-electron chi connectivity index (χ3n) is 3.12. The summed E-state index contributed by atoms with van der Waals surface area (Å²) in [5, 5.41) is 9.81. The third kappa shape index (κ3) is 5.36. The second-order valence-corrected chi connectivity index (χ2v) is 5.07. The lowest BCUT2D eigenvalue weighted by Crippen LogP contribution is -2.21. The fourth-order valence-corrected chi connectivity index (χ4v) is 1.98. The van der Waals surface area contributed by atoms with Crippen molar-refractivity contribution in [3.8, 4) is 0 Å². The van der Waals surface area contributed by atoms with Crippen LogP contribution < -0.4 is 5.32 Å². The Morgan fingerprint density at radius 2 is 1.52 bits per heavy atom. The van der Waals surface area contributed by atoms with Gasteiger partial charge in [0.15, 0.2) is 0 Å². The largest absolute Gasteiger partial charge is 0.490 e. The molecule has 11 heteroatoms. The van der Waals surface area contributed by atoms with Crippen LogP contribution in [0.1, 0.15) is 5.56 Å². The average Bonchev–Trinajstić information content (AvgIpc) is 2.96. The molecule has 1 aromatic heterocycles. The number of hydrogen-bond donors (Lipinski definition) is 3. The van der Waals surface area contributed by atoms with E-state index in [2.05, 4.69) is 15.3 Å². The van der Waals surface area contributed by atoms with Crippen molar-refractivity contribution in [1.82, 2.24) is 9.97 Å². The van der Waals surface area contributed by atoms with Gasteiger partial charge in [0, 0.05) is 0 Å². The summed E-state index contributed by atoms with van der Waals surface area (Å²) in [7, 11) is 0. The number of alkyl halides is 6. The van der Waals surface area contributed by atoms with Crippen LogP contribution in [0.2, 0.25) is 0 Å². The van der Waals surface area contributed by atoms with Crippen LogP contribution in [0.25, 0.3) is 11.0 Å². The number of H-pyrrole nitrogens is 1. The Morgan fingerprint density at radius 1 is 0.963 bits per heavy atom. The number of benzene rings is 2. The van der Waals surface area contributed by atoms with Crippen molar-refractivity contribution in [3.05, 3.63) is 54.1 Å². The molecule has 0 unspecified atom stereocenters. The monoisotopic (exact) mass is 391 g/mol. The first kappa shape index (κ1) is 20.1. The number of carboxylic acid groups (broad SMARTS) is 1. The van der Waals surface area contributed by atoms with Crippen LogP contribution >= 0.6 is 0 Å². The zero-order valence-electron chi connectivity index (χ0n) is 13.2. The lowest BCUT2D eigenvalue weighted by atomic mass is 10.1. The second kappa shape index (κ2) is 7.56. The van der Waals surface area contributed by atoms with Gasteiger partial charge in [-0.25, -0.2) is 9.78 Å². The maximum Gasteiger partial charge on any atom is 0.490 e. The summed E-state index contributed by atoms with van der Waals surface area (Å²) in [6, 6.07) is 12.5. The number of halogens is 6. The first-order valence-electron chi connectivity index (χ1n) is 7.16. The second-order valence-electron chi connectivity index (χ2n) is 5.07. The van der Waals surface area contributed by atoms with Gasteiger partial charge in [-0.2, -0.15) is 26.3 Å². The van der Waals surface area contributed by atoms with Gasteiger partial charge in [0.2, 0.25) is 5.95 Å². The van der Waals surface area contributed by atoms with Crippen LogP contribution in [-0.2, 0) is 11.0 Å². The van der Waals surface area contributed by atoms with Crippen LogP contribution in [-0.4, -0.2) is 27.2 Å². The molecule has 0 fully saturated rings. The van der Waals surface area contributed by atoms with E-state index < -0.39 is 23.9 Å². The van der Waals surface area contributed by atoms with E-state index in [-0.39, 0.29) is 11.6 Å². The molecule has 3 rings (SSSR count). The van der Waals surface area contributed by atoms with E-state index in [4.69, 9.17) is 9.90 Å². The molecule has 3 aromatic rings. The van der Waals surface area contributed by atoms with Crippen LogP contribution in [0.15, 0.2) is 48.5 Å². The number of carbonyl (C=O) groups is 1. The quantitative estimate of drug-likeness (QED) is 0.540. The smallest absolute Gasteiger partial charge is 0.475 e. The number of hydrogen-bond acceptors (Lipinski definition) is 3. The Hall–Kier alpha value is -3.24. The van der Waals surface area contributed by atoms with Crippen molar-refractivity contribution in [1.29, 1.82) is 0 Å². The normalized spacial score (nSPS) is 11.6. The van der Waals surface area contributed by atoms with E-state index in [1.165, 1.54) is 12.1 Å². The number of carboxylic acids is 1. The molecule has 0 amide bonds. The van der Waals surface area contributed by atoms with E-state index in [0.29, 0.717) is 5.52 Å². The number of rotatable bonds is 2. The summed E-state index contributed by atoms with van der Waals surface area (Å²) >= 11 is 0. The van der Waals surface area contributed by atoms with Crippen molar-refractivity contribution < 1.29 is 36.2 Å². The molecule has 2 aromatic carbocycles. The number of nitrogens with one attached hydrogen (secondary N) is 2. The summed E-state index contributed by atoms with van der Waals surface area (Å²) in [4.78, 5) is 16.0. The molecule has 3 N–H and O–H groups in total. The maximum atomic E-state index is 12.9. The summed E-state index contributed by atoms with van der Waals surface area (Å²) in [6.45, 7) is 0. The predicted molar refractivity (Wildman–Crippen MR) is 84.5 cm³/mol. The van der Waals surface area contributed by atoms with Crippen LogP contribution in [0.5, 0.6) is 0 Å². The molecule has 0 spiro atoms. The highest BCUT2D eigenvalue weighted by Gasteiger charge is 2.38. The zero-order chi connectivity index (χ0) is 20.2. The Labute approximate surface area is 147 Å². The van der Waals surface area contributed by atoms with Crippen molar-refractivity contribution in [2.45, 2.75) is 12.4 Å². The molecule has 27 heavy (non-hydrogen) atoms. The van der Waals surface area contributed by atoms with Gasteiger partial charge in [-0.1, -0.05) is 24.3 Å².